The molecule has 0 radical (unpaired) electrons. The van der Waals surface area contributed by atoms with Gasteiger partial charge in [0.1, 0.15) is 0 Å². The van der Waals surface area contributed by atoms with Crippen LogP contribution in [0.25, 0.3) is 0 Å². The van der Waals surface area contributed by atoms with E-state index in [4.69, 9.17) is 56.9 Å². The number of alkyl halides is 3. The van der Waals surface area contributed by atoms with Gasteiger partial charge in [-0.05, 0) is 112 Å². The number of carbonyl (C=O) groups excluding carboxylic acids is 4. The van der Waals surface area contributed by atoms with Gasteiger partial charge in [0.15, 0.2) is 0 Å². The first kappa shape index (κ1) is 47.8. The summed E-state index contributed by atoms with van der Waals surface area (Å²) in [5, 5.41) is 2.03. The Morgan fingerprint density at radius 1 is 0.783 bits per heavy atom. The summed E-state index contributed by atoms with van der Waals surface area (Å²) in [7, 11) is 1.11. The van der Waals surface area contributed by atoms with Gasteiger partial charge in [0.2, 0.25) is 6.08 Å². The molecule has 0 unspecified atom stereocenters. The number of isocyanates is 1. The lowest BCUT2D eigenvalue weighted by molar-refractivity contribution is -0.0000295. The van der Waals surface area contributed by atoms with Gasteiger partial charge in [0, 0.05) is 6.54 Å². The summed E-state index contributed by atoms with van der Waals surface area (Å²) in [6.07, 6.45) is 3.10. The molecule has 0 saturated carbocycles. The molecule has 0 atom stereocenters. The number of nitrogens with one attached hydrogen (secondary N) is 1. The van der Waals surface area contributed by atoms with Crippen LogP contribution in [0.4, 0.5) is 14.4 Å². The molecule has 16 heteroatoms. The van der Waals surface area contributed by atoms with E-state index in [0.29, 0.717) is 13.1 Å². The van der Waals surface area contributed by atoms with Crippen LogP contribution in [0.15, 0.2) is 96.0 Å². The molecular weight excluding hydrogens is 747 g/mol. The van der Waals surface area contributed by atoms with Gasteiger partial charge in [0.25, 0.3) is 0 Å². The largest absolute Gasteiger partial charge is 1.00 e. The Bertz CT molecular complexity index is 1230. The summed E-state index contributed by atoms with van der Waals surface area (Å²) >= 11 is 28.9. The van der Waals surface area contributed by atoms with E-state index in [1.165, 1.54) is 22.8 Å². The Morgan fingerprint density at radius 3 is 1.48 bits per heavy atom. The third-order valence-electron chi connectivity index (χ3n) is 4.58. The highest BCUT2D eigenvalue weighted by Gasteiger charge is 2.25. The van der Waals surface area contributed by atoms with Crippen LogP contribution in [0.5, 0.6) is 0 Å². The normalized spacial score (nSPS) is 9.04. The van der Waals surface area contributed by atoms with Crippen molar-refractivity contribution in [2.24, 2.45) is 10.7 Å². The molecule has 0 spiro atoms. The lowest BCUT2D eigenvalue weighted by Crippen LogP contribution is -3.00. The van der Waals surface area contributed by atoms with Crippen LogP contribution in [-0.2, 0) is 33.5 Å². The minimum atomic E-state index is -2.03. The molecule has 3 aromatic rings. The molecule has 0 heterocycles. The fourth-order valence-corrected chi connectivity index (χ4v) is 3.06. The second-order valence-corrected chi connectivity index (χ2v) is 11.3. The van der Waals surface area contributed by atoms with Crippen molar-refractivity contribution in [3.63, 3.8) is 0 Å². The van der Waals surface area contributed by atoms with E-state index in [9.17, 15) is 14.4 Å². The number of methoxy groups -OCH3 is 1. The van der Waals surface area contributed by atoms with E-state index in [2.05, 4.69) is 55.1 Å². The predicted octanol–water partition coefficient (Wildman–Crippen LogP) is 5.62. The molecule has 3 N–H and O–H groups in total. The molecule has 0 aliphatic heterocycles. The van der Waals surface area contributed by atoms with Gasteiger partial charge < -0.3 is 32.9 Å². The molecule has 254 valence electrons. The second-order valence-electron chi connectivity index (χ2n) is 7.90. The number of amides is 1. The maximum atomic E-state index is 10.3. The third-order valence-corrected chi connectivity index (χ3v) is 4.95. The fraction of sp³-hybridized carbons (Fsp3) is 0.267. The Morgan fingerprint density at radius 2 is 1.17 bits per heavy atom. The van der Waals surface area contributed by atoms with Crippen molar-refractivity contribution >= 4 is 91.9 Å². The van der Waals surface area contributed by atoms with Crippen LogP contribution in [-0.4, -0.2) is 53.0 Å². The van der Waals surface area contributed by atoms with Crippen molar-refractivity contribution in [1.29, 1.82) is 0 Å². The zero-order chi connectivity index (χ0) is 34.3. The summed E-state index contributed by atoms with van der Waals surface area (Å²) in [5.74, 6) is 0. The predicted molar refractivity (Wildman–Crippen MR) is 183 cm³/mol. The minimum absolute atomic E-state index is 0. The van der Waals surface area contributed by atoms with Crippen LogP contribution in [0.2, 0.25) is 0 Å². The lowest BCUT2D eigenvalue weighted by atomic mass is 10.2. The number of carbonyl (C=O) groups is 3. The van der Waals surface area contributed by atoms with Crippen molar-refractivity contribution in [3.8, 4) is 0 Å². The lowest BCUT2D eigenvalue weighted by Gasteiger charge is -2.09. The van der Waals surface area contributed by atoms with Gasteiger partial charge in [-0.2, -0.15) is 0 Å². The third kappa shape index (κ3) is 37.6. The molecule has 0 bridgehead atoms. The molecule has 46 heavy (non-hydrogen) atoms. The summed E-state index contributed by atoms with van der Waals surface area (Å²) in [4.78, 5) is 42.6. The maximum Gasteiger partial charge on any atom is 0.511 e. The highest BCUT2D eigenvalue weighted by molar-refractivity contribution is 6.93. The Labute approximate surface area is 305 Å². The van der Waals surface area contributed by atoms with Crippen molar-refractivity contribution in [3.05, 3.63) is 108 Å². The van der Waals surface area contributed by atoms with Crippen LogP contribution >= 0.6 is 69.6 Å². The Balaban J connectivity index is -0.000000515. The van der Waals surface area contributed by atoms with Gasteiger partial charge >= 0.3 is 20.2 Å². The number of nitrogens with zero attached hydrogens (tertiary/aromatic N) is 1. The van der Waals surface area contributed by atoms with Crippen molar-refractivity contribution in [2.75, 3.05) is 26.7 Å². The number of halogens is 7. The zero-order valence-electron chi connectivity index (χ0n) is 24.5. The molecule has 3 rings (SSSR count). The van der Waals surface area contributed by atoms with Crippen molar-refractivity contribution < 1.29 is 41.1 Å². The number of ether oxygens (including phenoxy) is 2. The highest BCUT2D eigenvalue weighted by atomic mass is 35.6. The first-order chi connectivity index (χ1) is 21.3. The number of benzene rings is 3. The van der Waals surface area contributed by atoms with E-state index in [0.717, 1.165) is 32.9 Å². The van der Waals surface area contributed by atoms with E-state index >= 15 is 0 Å². The van der Waals surface area contributed by atoms with Crippen molar-refractivity contribution in [1.82, 2.24) is 5.32 Å². The second kappa shape index (κ2) is 32.4. The molecule has 0 fully saturated rings. The SMILES string of the molecule is COC(=O)OC(Cl)(Cl)Cl.NCCc1ccccc1.O=C(Cl)Cl.O=C(Cl)NCCc1ccccc1.O=C=NCCc1ccccc1.[Cl-]. The van der Waals surface area contributed by atoms with Crippen LogP contribution in [0.1, 0.15) is 16.7 Å². The average Bonchev–Trinajstić information content (AvgIpc) is 2.99. The molecule has 3 aromatic carbocycles. The monoisotopic (exact) mass is 776 g/mol. The number of rotatable bonds is 8. The molecular formula is C30H33Cl7N3O6-. The molecule has 0 aromatic heterocycles. The average molecular weight is 780 g/mol. The molecule has 9 nitrogen and oxygen atoms in total. The summed E-state index contributed by atoms with van der Waals surface area (Å²) in [5.41, 5.74) is 9.08. The smallest absolute Gasteiger partial charge is 0.511 e. The van der Waals surface area contributed by atoms with Gasteiger partial charge in [-0.3, -0.25) is 9.59 Å². The van der Waals surface area contributed by atoms with E-state index < -0.39 is 20.2 Å². The van der Waals surface area contributed by atoms with Gasteiger partial charge in [-0.1, -0.05) is 91.0 Å². The number of hydrogen-bond acceptors (Lipinski definition) is 8. The first-order valence-electron chi connectivity index (χ1n) is 12.8. The van der Waals surface area contributed by atoms with Crippen molar-refractivity contribution in [2.45, 2.75) is 23.2 Å². The Hall–Kier alpha value is -2.56. The van der Waals surface area contributed by atoms with Gasteiger partial charge in [-0.15, -0.1) is 0 Å². The standard InChI is InChI=1S/C9H10ClNO.C9H9NO.C8H11N.C3H3Cl3O3.CCl2O.ClH/c10-9(12)11-7-6-8-4-2-1-3-5-8;11-8-10-7-6-9-4-2-1-3-5-9;9-7-6-8-4-2-1-3-5-8;1-8-2(7)9-3(4,5)6;2-1(3)4;/h1-5H,6-7H2,(H,11,12);1-5H,6-7H2;1-5H,6-7,9H2;1H3;;1H/p-1. The maximum absolute atomic E-state index is 10.3. The fourth-order valence-electron chi connectivity index (χ4n) is 2.77. The zero-order valence-corrected chi connectivity index (χ0v) is 29.8. The van der Waals surface area contributed by atoms with E-state index in [-0.39, 0.29) is 12.4 Å². The number of hydrogen-bond donors (Lipinski definition) is 2. The topological polar surface area (TPSA) is 137 Å². The number of aliphatic imine (C=N–C) groups is 1. The first-order valence-corrected chi connectivity index (χ1v) is 15.1. The summed E-state index contributed by atoms with van der Waals surface area (Å²) < 4.78 is 5.11. The van der Waals surface area contributed by atoms with Gasteiger partial charge in [-0.25, -0.2) is 14.6 Å². The minimum Gasteiger partial charge on any atom is -1.00 e. The van der Waals surface area contributed by atoms with Crippen LogP contribution in [0.3, 0.4) is 0 Å². The van der Waals surface area contributed by atoms with Crippen LogP contribution in [0, 0.1) is 0 Å². The quantitative estimate of drug-likeness (QED) is 0.0758. The Kier molecular flexibility index (Phi) is 33.7. The summed E-state index contributed by atoms with van der Waals surface area (Å²) in [6.45, 7) is 1.86. The molecule has 0 saturated heterocycles. The van der Waals surface area contributed by atoms with E-state index in [1.54, 1.807) is 0 Å². The van der Waals surface area contributed by atoms with E-state index in [1.807, 2.05) is 78.9 Å². The number of nitrogens with two attached hydrogens (primary N) is 1. The van der Waals surface area contributed by atoms with Crippen LogP contribution < -0.4 is 23.5 Å². The summed E-state index contributed by atoms with van der Waals surface area (Å²) in [6, 6.07) is 30.1. The van der Waals surface area contributed by atoms with Gasteiger partial charge in [0.05, 0.1) is 13.7 Å². The molecule has 0 aliphatic carbocycles. The molecule has 1 amide bonds. The highest BCUT2D eigenvalue weighted by Crippen LogP contribution is 2.27. The molecule has 0 aliphatic rings.